The first kappa shape index (κ1) is 12.5. The summed E-state index contributed by atoms with van der Waals surface area (Å²) >= 11 is 0. The number of rotatable bonds is 3. The topological polar surface area (TPSA) is 71.3 Å². The van der Waals surface area contributed by atoms with Gasteiger partial charge in [0.05, 0.1) is 6.26 Å². The normalized spacial score (nSPS) is 20.2. The Morgan fingerprint density at radius 3 is 2.55 bits per heavy atom. The van der Waals surface area contributed by atoms with Crippen LogP contribution < -0.4 is 10.9 Å². The van der Waals surface area contributed by atoms with Gasteiger partial charge >= 0.3 is 5.91 Å². The van der Waals surface area contributed by atoms with Gasteiger partial charge in [-0.15, -0.1) is 0 Å². The number of amides is 2. The van der Waals surface area contributed by atoms with Crippen LogP contribution in [0.1, 0.15) is 28.5 Å². The molecule has 1 aliphatic rings. The molecule has 0 unspecified atom stereocenters. The van der Waals surface area contributed by atoms with Crippen molar-refractivity contribution in [2.24, 2.45) is 5.92 Å². The molecule has 0 saturated heterocycles. The minimum absolute atomic E-state index is 0.0747. The third kappa shape index (κ3) is 2.56. The Morgan fingerprint density at radius 2 is 1.85 bits per heavy atom. The second kappa shape index (κ2) is 5.21. The zero-order chi connectivity index (χ0) is 13.9. The van der Waals surface area contributed by atoms with Crippen LogP contribution in [0.2, 0.25) is 0 Å². The lowest BCUT2D eigenvalue weighted by molar-refractivity contribution is -0.123. The quantitative estimate of drug-likeness (QED) is 0.836. The van der Waals surface area contributed by atoms with Crippen LogP contribution in [0, 0.1) is 5.92 Å². The van der Waals surface area contributed by atoms with Gasteiger partial charge < -0.3 is 4.42 Å². The second-order valence-corrected chi connectivity index (χ2v) is 4.78. The minimum Gasteiger partial charge on any atom is -0.459 e. The zero-order valence-corrected chi connectivity index (χ0v) is 10.7. The van der Waals surface area contributed by atoms with Crippen LogP contribution in [0.4, 0.5) is 0 Å². The average Bonchev–Trinajstić information content (AvgIpc) is 3.10. The summed E-state index contributed by atoms with van der Waals surface area (Å²) in [6.07, 6.45) is 2.22. The summed E-state index contributed by atoms with van der Waals surface area (Å²) < 4.78 is 4.93. The summed E-state index contributed by atoms with van der Waals surface area (Å²) in [4.78, 5) is 23.5. The van der Waals surface area contributed by atoms with Gasteiger partial charge in [0, 0.05) is 5.92 Å². The molecular weight excluding hydrogens is 256 g/mol. The highest BCUT2D eigenvalue weighted by molar-refractivity contribution is 5.93. The number of carbonyl (C=O) groups is 2. The number of nitrogens with one attached hydrogen (secondary N) is 2. The standard InChI is InChI=1S/C15H14N2O3/c18-14(16-17-15(19)13-7-4-8-20-13)12-9-11(12)10-5-2-1-3-6-10/h1-8,11-12H,9H2,(H,16,18)(H,17,19)/t11-,12-/m0/s1. The van der Waals surface area contributed by atoms with E-state index in [1.807, 2.05) is 30.3 Å². The van der Waals surface area contributed by atoms with E-state index >= 15 is 0 Å². The largest absolute Gasteiger partial charge is 0.459 e. The summed E-state index contributed by atoms with van der Waals surface area (Å²) in [6.45, 7) is 0. The Kier molecular flexibility index (Phi) is 3.25. The third-order valence-electron chi connectivity index (χ3n) is 3.40. The van der Waals surface area contributed by atoms with Gasteiger partial charge in [-0.25, -0.2) is 0 Å². The zero-order valence-electron chi connectivity index (χ0n) is 10.7. The number of hydrogen-bond acceptors (Lipinski definition) is 3. The van der Waals surface area contributed by atoms with Crippen LogP contribution in [0.3, 0.4) is 0 Å². The van der Waals surface area contributed by atoms with E-state index < -0.39 is 5.91 Å². The molecule has 0 spiro atoms. The number of furan rings is 1. The third-order valence-corrected chi connectivity index (χ3v) is 3.40. The molecule has 3 rings (SSSR count). The molecule has 1 saturated carbocycles. The van der Waals surface area contributed by atoms with Crippen molar-refractivity contribution >= 4 is 11.8 Å². The van der Waals surface area contributed by atoms with Crippen molar-refractivity contribution in [1.82, 2.24) is 10.9 Å². The molecule has 2 atom stereocenters. The molecular formula is C15H14N2O3. The van der Waals surface area contributed by atoms with Gasteiger partial charge in [-0.3, -0.25) is 20.4 Å². The van der Waals surface area contributed by atoms with E-state index in [0.29, 0.717) is 0 Å². The maximum Gasteiger partial charge on any atom is 0.305 e. The fourth-order valence-corrected chi connectivity index (χ4v) is 2.23. The van der Waals surface area contributed by atoms with Crippen molar-refractivity contribution in [2.45, 2.75) is 12.3 Å². The summed E-state index contributed by atoms with van der Waals surface area (Å²) in [6, 6.07) is 13.0. The van der Waals surface area contributed by atoms with Crippen LogP contribution in [0.5, 0.6) is 0 Å². The van der Waals surface area contributed by atoms with E-state index in [1.54, 1.807) is 6.07 Å². The van der Waals surface area contributed by atoms with E-state index in [0.717, 1.165) is 12.0 Å². The molecule has 2 aromatic rings. The maximum atomic E-state index is 11.9. The highest BCUT2D eigenvalue weighted by Crippen LogP contribution is 2.47. The molecule has 5 nitrogen and oxygen atoms in total. The maximum absolute atomic E-state index is 11.9. The fourth-order valence-electron chi connectivity index (χ4n) is 2.23. The molecule has 1 heterocycles. The van der Waals surface area contributed by atoms with Gasteiger partial charge in [-0.1, -0.05) is 30.3 Å². The molecule has 0 bridgehead atoms. The smallest absolute Gasteiger partial charge is 0.305 e. The molecule has 1 aromatic carbocycles. The van der Waals surface area contributed by atoms with Crippen molar-refractivity contribution in [3.05, 3.63) is 60.1 Å². The lowest BCUT2D eigenvalue weighted by Crippen LogP contribution is -2.42. The van der Waals surface area contributed by atoms with E-state index in [2.05, 4.69) is 10.9 Å². The predicted molar refractivity (Wildman–Crippen MR) is 71.6 cm³/mol. The molecule has 2 amide bonds. The van der Waals surface area contributed by atoms with Crippen molar-refractivity contribution in [3.8, 4) is 0 Å². The van der Waals surface area contributed by atoms with Gasteiger partial charge in [-0.2, -0.15) is 0 Å². The lowest BCUT2D eigenvalue weighted by Gasteiger charge is -2.05. The fraction of sp³-hybridized carbons (Fsp3) is 0.200. The van der Waals surface area contributed by atoms with E-state index in [-0.39, 0.29) is 23.5 Å². The Hall–Kier alpha value is -2.56. The van der Waals surface area contributed by atoms with Crippen LogP contribution in [-0.4, -0.2) is 11.8 Å². The SMILES string of the molecule is O=C(NNC(=O)[C@H]1C[C@H]1c1ccccc1)c1ccco1. The number of benzene rings is 1. The summed E-state index contributed by atoms with van der Waals surface area (Å²) in [5.41, 5.74) is 5.94. The number of carbonyl (C=O) groups excluding carboxylic acids is 2. The molecule has 1 aromatic heterocycles. The first-order chi connectivity index (χ1) is 9.75. The Morgan fingerprint density at radius 1 is 1.05 bits per heavy atom. The van der Waals surface area contributed by atoms with E-state index in [4.69, 9.17) is 4.42 Å². The Bertz CT molecular complexity index is 607. The summed E-state index contributed by atoms with van der Waals surface area (Å²) in [5, 5.41) is 0. The Labute approximate surface area is 115 Å². The van der Waals surface area contributed by atoms with Gasteiger partial charge in [0.1, 0.15) is 0 Å². The molecule has 102 valence electrons. The van der Waals surface area contributed by atoms with Gasteiger partial charge in [0.15, 0.2) is 5.76 Å². The average molecular weight is 270 g/mol. The molecule has 2 N–H and O–H groups in total. The summed E-state index contributed by atoms with van der Waals surface area (Å²) in [5.74, 6) is -0.286. The van der Waals surface area contributed by atoms with E-state index in [1.165, 1.54) is 12.3 Å². The predicted octanol–water partition coefficient (Wildman–Crippen LogP) is 1.84. The van der Waals surface area contributed by atoms with Crippen LogP contribution >= 0.6 is 0 Å². The molecule has 1 aliphatic carbocycles. The summed E-state index contributed by atoms with van der Waals surface area (Å²) in [7, 11) is 0. The molecule has 5 heteroatoms. The first-order valence-electron chi connectivity index (χ1n) is 6.44. The second-order valence-electron chi connectivity index (χ2n) is 4.78. The highest BCUT2D eigenvalue weighted by Gasteiger charge is 2.43. The monoisotopic (exact) mass is 270 g/mol. The van der Waals surface area contributed by atoms with Crippen molar-refractivity contribution in [2.75, 3.05) is 0 Å². The van der Waals surface area contributed by atoms with Gasteiger partial charge in [-0.05, 0) is 30.0 Å². The van der Waals surface area contributed by atoms with Crippen LogP contribution in [0.15, 0.2) is 53.1 Å². The lowest BCUT2D eigenvalue weighted by atomic mass is 10.1. The van der Waals surface area contributed by atoms with Crippen LogP contribution in [-0.2, 0) is 4.79 Å². The van der Waals surface area contributed by atoms with Crippen molar-refractivity contribution < 1.29 is 14.0 Å². The van der Waals surface area contributed by atoms with E-state index in [9.17, 15) is 9.59 Å². The Balaban J connectivity index is 1.51. The van der Waals surface area contributed by atoms with Gasteiger partial charge in [0.2, 0.25) is 5.91 Å². The van der Waals surface area contributed by atoms with Crippen molar-refractivity contribution in [3.63, 3.8) is 0 Å². The molecule has 20 heavy (non-hydrogen) atoms. The molecule has 0 aliphatic heterocycles. The number of hydrogen-bond donors (Lipinski definition) is 2. The molecule has 1 fully saturated rings. The highest BCUT2D eigenvalue weighted by atomic mass is 16.3. The minimum atomic E-state index is -0.458. The number of hydrazine groups is 1. The molecule has 0 radical (unpaired) electrons. The first-order valence-corrected chi connectivity index (χ1v) is 6.44. The van der Waals surface area contributed by atoms with Gasteiger partial charge in [0.25, 0.3) is 0 Å². The van der Waals surface area contributed by atoms with Crippen LogP contribution in [0.25, 0.3) is 0 Å². The van der Waals surface area contributed by atoms with Crippen molar-refractivity contribution in [1.29, 1.82) is 0 Å².